The highest BCUT2D eigenvalue weighted by atomic mass is 28.4. The van der Waals surface area contributed by atoms with E-state index in [4.69, 9.17) is 13.9 Å². The van der Waals surface area contributed by atoms with Gasteiger partial charge in [0.05, 0.1) is 13.2 Å². The molecule has 37 heavy (non-hydrogen) atoms. The van der Waals surface area contributed by atoms with Crippen molar-refractivity contribution in [2.75, 3.05) is 13.7 Å². The Morgan fingerprint density at radius 1 is 1.22 bits per heavy atom. The number of fused-ring (bicyclic) bond motifs is 2. The lowest BCUT2D eigenvalue weighted by Gasteiger charge is -2.40. The van der Waals surface area contributed by atoms with Gasteiger partial charge in [0, 0.05) is 18.3 Å². The van der Waals surface area contributed by atoms with Gasteiger partial charge in [-0.1, -0.05) is 45.9 Å². The Morgan fingerprint density at radius 2 is 1.95 bits per heavy atom. The third-order valence-electron chi connectivity index (χ3n) is 8.60. The normalized spacial score (nSPS) is 24.0. The zero-order chi connectivity index (χ0) is 27.4. The van der Waals surface area contributed by atoms with E-state index in [-0.39, 0.29) is 41.3 Å². The molecule has 3 rings (SSSR count). The van der Waals surface area contributed by atoms with Crippen LogP contribution in [0.4, 0.5) is 0 Å². The van der Waals surface area contributed by atoms with E-state index in [1.165, 1.54) is 18.2 Å². The standard InChI is InChI=1S/C31H44O5Si/c1-9-10-12-21(2)27(32)16-15-24-25-17-22-13-11-14-28(35-20-30(33)34-6)26(22)18-23(25)19-29(24)36-37(7,8)31(3,4)5/h11,13-16,21,23-25,29H,12,17-20H2,1-8H3/b16-15+/t21-,23-,24+,25-,29+/m0/s1. The molecule has 1 aromatic carbocycles. The minimum Gasteiger partial charge on any atom is -0.482 e. The molecule has 0 unspecified atom stereocenters. The quantitative estimate of drug-likeness (QED) is 0.168. The van der Waals surface area contributed by atoms with Crippen molar-refractivity contribution in [3.63, 3.8) is 0 Å². The SMILES string of the molecule is CC#CC[C@H](C)C(=O)/C=C/[C@@H]1[C@H]2Cc3cccc(OCC(=O)OC)c3C[C@H]2C[C@H]1O[Si](C)(C)C(C)(C)C. The van der Waals surface area contributed by atoms with Crippen molar-refractivity contribution in [1.82, 2.24) is 0 Å². The molecule has 0 amide bonds. The fraction of sp³-hybridized carbons (Fsp3) is 0.613. The Bertz CT molecular complexity index is 1070. The Labute approximate surface area is 224 Å². The first-order valence-electron chi connectivity index (χ1n) is 13.5. The van der Waals surface area contributed by atoms with E-state index >= 15 is 0 Å². The number of ketones is 1. The second-order valence-corrected chi connectivity index (χ2v) is 16.9. The van der Waals surface area contributed by atoms with Crippen LogP contribution in [-0.4, -0.2) is 39.9 Å². The highest BCUT2D eigenvalue weighted by Crippen LogP contribution is 2.50. The first kappa shape index (κ1) is 29.2. The van der Waals surface area contributed by atoms with Crippen molar-refractivity contribution in [2.24, 2.45) is 23.7 Å². The fourth-order valence-electron chi connectivity index (χ4n) is 5.31. The zero-order valence-corrected chi connectivity index (χ0v) is 24.9. The number of ether oxygens (including phenoxy) is 2. The summed E-state index contributed by atoms with van der Waals surface area (Å²) in [6.45, 7) is 15.1. The minimum atomic E-state index is -2.01. The predicted octanol–water partition coefficient (Wildman–Crippen LogP) is 6.15. The lowest BCUT2D eigenvalue weighted by Crippen LogP contribution is -2.45. The van der Waals surface area contributed by atoms with Crippen LogP contribution < -0.4 is 4.74 Å². The van der Waals surface area contributed by atoms with Crippen molar-refractivity contribution >= 4 is 20.1 Å². The maximum Gasteiger partial charge on any atom is 0.343 e. The number of esters is 1. The van der Waals surface area contributed by atoms with Crippen molar-refractivity contribution in [3.05, 3.63) is 41.5 Å². The molecule has 0 N–H and O–H groups in total. The van der Waals surface area contributed by atoms with Crippen LogP contribution in [0.1, 0.15) is 58.6 Å². The number of carbonyl (C=O) groups excluding carboxylic acids is 2. The molecule has 6 heteroatoms. The van der Waals surface area contributed by atoms with Gasteiger partial charge in [0.2, 0.25) is 0 Å². The number of hydrogen-bond acceptors (Lipinski definition) is 5. The molecule has 1 aromatic rings. The van der Waals surface area contributed by atoms with Crippen LogP contribution in [0.25, 0.3) is 0 Å². The number of benzene rings is 1. The molecule has 0 saturated heterocycles. The van der Waals surface area contributed by atoms with Crippen molar-refractivity contribution in [2.45, 2.75) is 84.5 Å². The average molecular weight is 525 g/mol. The molecule has 5 nitrogen and oxygen atoms in total. The molecular weight excluding hydrogens is 480 g/mol. The molecule has 5 atom stereocenters. The third-order valence-corrected chi connectivity index (χ3v) is 13.1. The van der Waals surface area contributed by atoms with Gasteiger partial charge in [-0.3, -0.25) is 4.79 Å². The molecule has 0 heterocycles. The molecule has 1 saturated carbocycles. The van der Waals surface area contributed by atoms with Gasteiger partial charge >= 0.3 is 5.97 Å². The van der Waals surface area contributed by atoms with Gasteiger partial charge in [0.25, 0.3) is 0 Å². The summed E-state index contributed by atoms with van der Waals surface area (Å²) < 4.78 is 17.6. The van der Waals surface area contributed by atoms with Gasteiger partial charge in [-0.15, -0.1) is 11.8 Å². The van der Waals surface area contributed by atoms with E-state index in [0.717, 1.165) is 25.0 Å². The molecule has 0 radical (unpaired) electrons. The molecule has 2 aliphatic carbocycles. The van der Waals surface area contributed by atoms with Gasteiger partial charge in [-0.05, 0) is 79.4 Å². The molecule has 202 valence electrons. The topological polar surface area (TPSA) is 61.8 Å². The Hall–Kier alpha value is -2.36. The third kappa shape index (κ3) is 6.94. The number of hydrogen-bond donors (Lipinski definition) is 0. The second-order valence-electron chi connectivity index (χ2n) is 12.1. The van der Waals surface area contributed by atoms with E-state index in [2.05, 4.69) is 57.8 Å². The molecular formula is C31H44O5Si. The van der Waals surface area contributed by atoms with E-state index in [1.54, 1.807) is 13.0 Å². The van der Waals surface area contributed by atoms with E-state index in [0.29, 0.717) is 18.3 Å². The van der Waals surface area contributed by atoms with Crippen LogP contribution in [0.5, 0.6) is 5.75 Å². The lowest BCUT2D eigenvalue weighted by molar-refractivity contribution is -0.142. The van der Waals surface area contributed by atoms with Crippen LogP contribution in [-0.2, 0) is 31.6 Å². The molecule has 1 fully saturated rings. The van der Waals surface area contributed by atoms with Gasteiger partial charge < -0.3 is 13.9 Å². The first-order valence-corrected chi connectivity index (χ1v) is 16.4. The van der Waals surface area contributed by atoms with E-state index in [9.17, 15) is 9.59 Å². The van der Waals surface area contributed by atoms with Gasteiger partial charge in [0.1, 0.15) is 5.75 Å². The van der Waals surface area contributed by atoms with Crippen LogP contribution in [0, 0.1) is 35.5 Å². The van der Waals surface area contributed by atoms with Gasteiger partial charge in [-0.25, -0.2) is 4.79 Å². The zero-order valence-electron chi connectivity index (χ0n) is 23.9. The predicted molar refractivity (Wildman–Crippen MR) is 150 cm³/mol. The lowest BCUT2D eigenvalue weighted by atomic mass is 9.74. The maximum atomic E-state index is 12.9. The Morgan fingerprint density at radius 3 is 2.59 bits per heavy atom. The highest BCUT2D eigenvalue weighted by Gasteiger charge is 2.49. The molecule has 0 aliphatic heterocycles. The number of carbonyl (C=O) groups is 2. The van der Waals surface area contributed by atoms with Gasteiger partial charge in [-0.2, -0.15) is 0 Å². The van der Waals surface area contributed by atoms with Crippen LogP contribution in [0.2, 0.25) is 18.1 Å². The van der Waals surface area contributed by atoms with Crippen molar-refractivity contribution < 1.29 is 23.5 Å². The largest absolute Gasteiger partial charge is 0.482 e. The van der Waals surface area contributed by atoms with Gasteiger partial charge in [0.15, 0.2) is 20.7 Å². The van der Waals surface area contributed by atoms with E-state index in [1.807, 2.05) is 19.1 Å². The molecule has 2 aliphatic rings. The second kappa shape index (κ2) is 12.0. The van der Waals surface area contributed by atoms with Crippen molar-refractivity contribution in [1.29, 1.82) is 0 Å². The average Bonchev–Trinajstić information content (AvgIpc) is 3.16. The minimum absolute atomic E-state index is 0.0828. The van der Waals surface area contributed by atoms with Crippen LogP contribution >= 0.6 is 0 Å². The molecule has 0 bridgehead atoms. The highest BCUT2D eigenvalue weighted by molar-refractivity contribution is 6.74. The number of methoxy groups -OCH3 is 1. The van der Waals surface area contributed by atoms with Crippen LogP contribution in [0.15, 0.2) is 30.4 Å². The summed E-state index contributed by atoms with van der Waals surface area (Å²) in [5.41, 5.74) is 2.44. The summed E-state index contributed by atoms with van der Waals surface area (Å²) in [5.74, 6) is 7.33. The van der Waals surface area contributed by atoms with Crippen molar-refractivity contribution in [3.8, 4) is 17.6 Å². The summed E-state index contributed by atoms with van der Waals surface area (Å²) in [6.07, 6.45) is 7.36. The maximum absolute atomic E-state index is 12.9. The summed E-state index contributed by atoms with van der Waals surface area (Å²) in [7, 11) is -0.636. The molecule has 0 spiro atoms. The van der Waals surface area contributed by atoms with E-state index < -0.39 is 8.32 Å². The molecule has 0 aromatic heterocycles. The summed E-state index contributed by atoms with van der Waals surface area (Å²) in [6, 6.07) is 6.10. The first-order chi connectivity index (χ1) is 17.4. The summed E-state index contributed by atoms with van der Waals surface area (Å²) >= 11 is 0. The Balaban J connectivity index is 1.88. The number of allylic oxidation sites excluding steroid dienone is 1. The Kier molecular flexibility index (Phi) is 9.47. The summed E-state index contributed by atoms with van der Waals surface area (Å²) in [4.78, 5) is 24.5. The summed E-state index contributed by atoms with van der Waals surface area (Å²) in [5, 5.41) is 0.107. The smallest absolute Gasteiger partial charge is 0.343 e. The monoisotopic (exact) mass is 524 g/mol. The number of rotatable bonds is 9. The fourth-order valence-corrected chi connectivity index (χ4v) is 6.68. The van der Waals surface area contributed by atoms with Crippen LogP contribution in [0.3, 0.4) is 0 Å².